The van der Waals surface area contributed by atoms with Crippen molar-refractivity contribution in [3.05, 3.63) is 68.5 Å². The molecule has 172 valence electrons. The zero-order valence-electron chi connectivity index (χ0n) is 17.0. The summed E-state index contributed by atoms with van der Waals surface area (Å²) in [5.41, 5.74) is -0.733. The highest BCUT2D eigenvalue weighted by atomic mass is 16.6. The van der Waals surface area contributed by atoms with Gasteiger partial charge in [0, 0.05) is 18.2 Å². The minimum absolute atomic E-state index is 0.0967. The summed E-state index contributed by atoms with van der Waals surface area (Å²) in [6, 6.07) is 7.08. The molecule has 1 aliphatic rings. The van der Waals surface area contributed by atoms with Crippen molar-refractivity contribution in [2.24, 2.45) is 0 Å². The SMILES string of the molecule is Cc1cn([C@@H]2O[C@H]([C@H](NC(=O)OCc3ccccc3)C(=O)O)C[C@@H](O)[C@H]2O)c(=O)[nH]c1=O. The number of ether oxygens (including phenoxy) is 2. The van der Waals surface area contributed by atoms with Crippen LogP contribution in [-0.2, 0) is 20.9 Å². The number of aromatic nitrogens is 2. The Morgan fingerprint density at radius 3 is 2.62 bits per heavy atom. The summed E-state index contributed by atoms with van der Waals surface area (Å²) in [6.07, 6.45) is -6.13. The smallest absolute Gasteiger partial charge is 0.408 e. The predicted octanol–water partition coefficient (Wildman–Crippen LogP) is -0.766. The zero-order chi connectivity index (χ0) is 23.4. The van der Waals surface area contributed by atoms with Crippen molar-refractivity contribution in [3.8, 4) is 0 Å². The number of carbonyl (C=O) groups is 2. The van der Waals surface area contributed by atoms with Gasteiger partial charge < -0.3 is 30.1 Å². The summed E-state index contributed by atoms with van der Waals surface area (Å²) in [4.78, 5) is 49.8. The van der Waals surface area contributed by atoms with Gasteiger partial charge in [-0.25, -0.2) is 14.4 Å². The van der Waals surface area contributed by atoms with Crippen molar-refractivity contribution in [1.82, 2.24) is 14.9 Å². The number of nitrogens with one attached hydrogen (secondary N) is 2. The Hall–Kier alpha value is -3.48. The largest absolute Gasteiger partial charge is 0.480 e. The summed E-state index contributed by atoms with van der Waals surface area (Å²) in [6.45, 7) is 1.32. The maximum Gasteiger partial charge on any atom is 0.408 e. The summed E-state index contributed by atoms with van der Waals surface area (Å²) in [5, 5.41) is 32.3. The summed E-state index contributed by atoms with van der Waals surface area (Å²) < 4.78 is 11.5. The topological polar surface area (TPSA) is 180 Å². The molecule has 1 saturated heterocycles. The Balaban J connectivity index is 1.76. The number of carboxylic acids is 1. The van der Waals surface area contributed by atoms with Gasteiger partial charge in [0.15, 0.2) is 12.3 Å². The van der Waals surface area contributed by atoms with Crippen molar-refractivity contribution >= 4 is 12.1 Å². The molecule has 0 aliphatic carbocycles. The van der Waals surface area contributed by atoms with E-state index in [2.05, 4.69) is 5.32 Å². The van der Waals surface area contributed by atoms with Crippen molar-refractivity contribution in [2.75, 3.05) is 0 Å². The fourth-order valence-electron chi connectivity index (χ4n) is 3.31. The fraction of sp³-hybridized carbons (Fsp3) is 0.400. The van der Waals surface area contributed by atoms with Gasteiger partial charge in [0.2, 0.25) is 0 Å². The van der Waals surface area contributed by atoms with Crippen LogP contribution in [0.2, 0.25) is 0 Å². The minimum atomic E-state index is -1.65. The van der Waals surface area contributed by atoms with E-state index in [1.807, 2.05) is 4.98 Å². The van der Waals surface area contributed by atoms with E-state index in [9.17, 15) is 34.5 Å². The van der Waals surface area contributed by atoms with Crippen LogP contribution in [0.1, 0.15) is 23.8 Å². The maximum absolute atomic E-state index is 12.2. The number of rotatable bonds is 6. The van der Waals surface area contributed by atoms with E-state index in [1.54, 1.807) is 30.3 Å². The van der Waals surface area contributed by atoms with Gasteiger partial charge in [-0.15, -0.1) is 0 Å². The molecule has 1 aliphatic heterocycles. The van der Waals surface area contributed by atoms with Gasteiger partial charge in [0.1, 0.15) is 12.7 Å². The lowest BCUT2D eigenvalue weighted by Crippen LogP contribution is -2.57. The predicted molar refractivity (Wildman–Crippen MR) is 108 cm³/mol. The average Bonchev–Trinajstić information content (AvgIpc) is 2.75. The number of aryl methyl sites for hydroxylation is 1. The van der Waals surface area contributed by atoms with Gasteiger partial charge >= 0.3 is 17.8 Å². The lowest BCUT2D eigenvalue weighted by Gasteiger charge is -2.39. The molecule has 1 aromatic carbocycles. The van der Waals surface area contributed by atoms with Crippen molar-refractivity contribution in [2.45, 2.75) is 50.5 Å². The highest BCUT2D eigenvalue weighted by Crippen LogP contribution is 2.28. The molecule has 0 unspecified atom stereocenters. The molecule has 0 radical (unpaired) electrons. The molecule has 1 fully saturated rings. The van der Waals surface area contributed by atoms with Crippen molar-refractivity contribution in [1.29, 1.82) is 0 Å². The second-order valence-corrected chi connectivity index (χ2v) is 7.36. The van der Waals surface area contributed by atoms with Gasteiger partial charge in [0.25, 0.3) is 5.56 Å². The van der Waals surface area contributed by atoms with Crippen LogP contribution in [-0.4, -0.2) is 61.3 Å². The van der Waals surface area contributed by atoms with Crippen LogP contribution < -0.4 is 16.6 Å². The summed E-state index contributed by atoms with van der Waals surface area (Å²) in [5.74, 6) is -1.47. The Morgan fingerprint density at radius 1 is 1.28 bits per heavy atom. The van der Waals surface area contributed by atoms with Crippen LogP contribution in [0, 0.1) is 6.92 Å². The first-order valence-corrected chi connectivity index (χ1v) is 9.71. The number of H-pyrrole nitrogens is 1. The molecule has 0 saturated carbocycles. The molecule has 3 rings (SSSR count). The number of benzene rings is 1. The molecule has 0 spiro atoms. The maximum atomic E-state index is 12.2. The molecule has 2 aromatic rings. The van der Waals surface area contributed by atoms with Crippen LogP contribution in [0.5, 0.6) is 0 Å². The number of nitrogens with zero attached hydrogens (tertiary/aromatic N) is 1. The molecule has 12 heteroatoms. The molecule has 5 atom stereocenters. The first kappa shape index (κ1) is 23.2. The van der Waals surface area contributed by atoms with E-state index < -0.39 is 53.9 Å². The first-order valence-electron chi connectivity index (χ1n) is 9.71. The number of amides is 1. The third kappa shape index (κ3) is 5.22. The molecule has 0 bridgehead atoms. The molecular formula is C20H23N3O9. The lowest BCUT2D eigenvalue weighted by atomic mass is 9.96. The van der Waals surface area contributed by atoms with Gasteiger partial charge in [-0.2, -0.15) is 0 Å². The molecule has 5 N–H and O–H groups in total. The number of aliphatic hydroxyl groups is 2. The summed E-state index contributed by atoms with van der Waals surface area (Å²) >= 11 is 0. The number of carboxylic acid groups (broad SMARTS) is 1. The van der Waals surface area contributed by atoms with Gasteiger partial charge in [-0.3, -0.25) is 14.3 Å². The Bertz CT molecular complexity index is 1080. The van der Waals surface area contributed by atoms with E-state index >= 15 is 0 Å². The highest BCUT2D eigenvalue weighted by molar-refractivity contribution is 5.80. The van der Waals surface area contributed by atoms with E-state index in [-0.39, 0.29) is 18.6 Å². The molecule has 32 heavy (non-hydrogen) atoms. The van der Waals surface area contributed by atoms with Crippen LogP contribution in [0.15, 0.2) is 46.1 Å². The Morgan fingerprint density at radius 2 is 1.97 bits per heavy atom. The molecular weight excluding hydrogens is 426 g/mol. The average molecular weight is 449 g/mol. The zero-order valence-corrected chi connectivity index (χ0v) is 17.0. The number of alkyl carbamates (subject to hydrolysis) is 1. The number of carbonyl (C=O) groups excluding carboxylic acids is 1. The third-order valence-corrected chi connectivity index (χ3v) is 5.02. The summed E-state index contributed by atoms with van der Waals surface area (Å²) in [7, 11) is 0. The van der Waals surface area contributed by atoms with E-state index in [0.717, 1.165) is 10.8 Å². The van der Waals surface area contributed by atoms with Crippen LogP contribution in [0.3, 0.4) is 0 Å². The van der Waals surface area contributed by atoms with E-state index in [4.69, 9.17) is 9.47 Å². The number of hydrogen-bond acceptors (Lipinski definition) is 8. The number of aliphatic carboxylic acids is 1. The van der Waals surface area contributed by atoms with Crippen molar-refractivity contribution < 1.29 is 34.4 Å². The van der Waals surface area contributed by atoms with Crippen LogP contribution in [0.4, 0.5) is 4.79 Å². The van der Waals surface area contributed by atoms with Crippen LogP contribution >= 0.6 is 0 Å². The Kier molecular flexibility index (Phi) is 7.08. The quantitative estimate of drug-likeness (QED) is 0.378. The van der Waals surface area contributed by atoms with Crippen LogP contribution in [0.25, 0.3) is 0 Å². The van der Waals surface area contributed by atoms with Gasteiger partial charge in [-0.1, -0.05) is 30.3 Å². The Labute approximate surface area is 181 Å². The second kappa shape index (κ2) is 9.77. The van der Waals surface area contributed by atoms with Gasteiger partial charge in [-0.05, 0) is 12.5 Å². The van der Waals surface area contributed by atoms with E-state index in [1.165, 1.54) is 6.92 Å². The molecule has 2 heterocycles. The number of aliphatic hydroxyl groups excluding tert-OH is 2. The molecule has 1 aromatic heterocycles. The number of aromatic amines is 1. The molecule has 1 amide bonds. The first-order chi connectivity index (χ1) is 15.2. The fourth-order valence-corrected chi connectivity index (χ4v) is 3.31. The minimum Gasteiger partial charge on any atom is -0.480 e. The molecule has 12 nitrogen and oxygen atoms in total. The van der Waals surface area contributed by atoms with Gasteiger partial charge in [0.05, 0.1) is 12.2 Å². The highest BCUT2D eigenvalue weighted by Gasteiger charge is 2.44. The standard InChI is InChI=1S/C20H23N3O9/c1-10-8-23(19(29)22-16(10)26)17-15(25)12(24)7-13(32-17)14(18(27)28)21-20(30)31-9-11-5-3-2-4-6-11/h2-6,8,12-15,17,24-25H,7,9H2,1H3,(H,21,30)(H,27,28)(H,22,26,29)/t12-,13+,14+,15-,17-/m1/s1. The second-order valence-electron chi connectivity index (χ2n) is 7.36. The third-order valence-electron chi connectivity index (χ3n) is 5.02. The van der Waals surface area contributed by atoms with Crippen molar-refractivity contribution in [3.63, 3.8) is 0 Å². The monoisotopic (exact) mass is 449 g/mol. The normalized spacial score (nSPS) is 23.8. The number of hydrogen-bond donors (Lipinski definition) is 5. The lowest BCUT2D eigenvalue weighted by molar-refractivity contribution is -0.208. The van der Waals surface area contributed by atoms with E-state index in [0.29, 0.717) is 5.56 Å².